The number of aliphatic carboxylic acids is 1. The minimum absolute atomic E-state index is 0.108. The van der Waals surface area contributed by atoms with Gasteiger partial charge in [0.1, 0.15) is 0 Å². The van der Waals surface area contributed by atoms with Gasteiger partial charge >= 0.3 is 159 Å². The van der Waals surface area contributed by atoms with E-state index in [1.165, 1.54) is 0 Å². The monoisotopic (exact) mass is 384 g/mol. The van der Waals surface area contributed by atoms with Crippen molar-refractivity contribution in [2.24, 2.45) is 0 Å². The van der Waals surface area contributed by atoms with E-state index in [-0.39, 0.29) is 6.42 Å². The number of carboxylic acids is 1. The van der Waals surface area contributed by atoms with Crippen LogP contribution < -0.4 is 15.9 Å². The van der Waals surface area contributed by atoms with Gasteiger partial charge in [-0.2, -0.15) is 0 Å². The van der Waals surface area contributed by atoms with Gasteiger partial charge in [-0.05, 0) is 0 Å². The summed E-state index contributed by atoms with van der Waals surface area (Å²) in [5.41, 5.74) is 0. The van der Waals surface area contributed by atoms with E-state index < -0.39 is 11.9 Å². The van der Waals surface area contributed by atoms with Gasteiger partial charge in [0.25, 0.3) is 0 Å². The Morgan fingerprint density at radius 2 is 1.08 bits per heavy atom. The first-order valence-electron chi connectivity index (χ1n) is 8.67. The van der Waals surface area contributed by atoms with E-state index in [4.69, 9.17) is 11.2 Å². The van der Waals surface area contributed by atoms with Crippen molar-refractivity contribution in [3.05, 3.63) is 91.0 Å². The minimum atomic E-state index is -3.29. The molecule has 0 aliphatic carbocycles. The first kappa shape index (κ1) is 18.6. The number of benzene rings is 3. The van der Waals surface area contributed by atoms with Gasteiger partial charge in [0.2, 0.25) is 0 Å². The fraction of sp³-hybridized carbons (Fsp3) is 0.136. The third-order valence-corrected chi connectivity index (χ3v) is 12.4. The van der Waals surface area contributed by atoms with Crippen molar-refractivity contribution in [1.82, 2.24) is 0 Å². The van der Waals surface area contributed by atoms with Crippen molar-refractivity contribution in [2.75, 3.05) is 6.16 Å². The summed E-state index contributed by atoms with van der Waals surface area (Å²) in [5, 5.41) is 12.4. The molecule has 26 heavy (non-hydrogen) atoms. The Labute approximate surface area is 159 Å². The molecule has 1 N–H and O–H groups in total. The zero-order valence-corrected chi connectivity index (χ0v) is 16.1. The van der Waals surface area contributed by atoms with Gasteiger partial charge in [-0.15, -0.1) is 0 Å². The van der Waals surface area contributed by atoms with Crippen molar-refractivity contribution < 1.29 is 9.90 Å². The van der Waals surface area contributed by atoms with E-state index in [1.54, 1.807) is 0 Å². The maximum atomic E-state index is 11.2. The van der Waals surface area contributed by atoms with Crippen LogP contribution in [0.1, 0.15) is 12.8 Å². The Bertz CT molecular complexity index is 767. The second kappa shape index (κ2) is 7.61. The van der Waals surface area contributed by atoms with Gasteiger partial charge in [0.05, 0.1) is 0 Å². The van der Waals surface area contributed by atoms with Crippen LogP contribution in [0.15, 0.2) is 91.0 Å². The summed E-state index contributed by atoms with van der Waals surface area (Å²) in [7, 11) is 0. The number of rotatable bonds is 7. The van der Waals surface area contributed by atoms with Crippen LogP contribution >= 0.6 is 17.2 Å². The van der Waals surface area contributed by atoms with E-state index in [9.17, 15) is 9.90 Å². The Balaban J connectivity index is 2.29. The number of carbonyl (C=O) groups is 1. The number of hydrogen-bond acceptors (Lipinski definition) is 1. The number of hydrogen-bond donors (Lipinski definition) is 1. The van der Waals surface area contributed by atoms with Gasteiger partial charge in [-0.1, -0.05) is 0 Å². The summed E-state index contributed by atoms with van der Waals surface area (Å²) < 4.78 is 0. The second-order valence-electron chi connectivity index (χ2n) is 6.41. The molecular formula is C22H22ClO2P. The van der Waals surface area contributed by atoms with Crippen molar-refractivity contribution >= 4 is 39.1 Å². The topological polar surface area (TPSA) is 37.3 Å². The molecule has 2 nitrogen and oxygen atoms in total. The summed E-state index contributed by atoms with van der Waals surface area (Å²) in [6.07, 6.45) is 1.24. The molecule has 0 aromatic heterocycles. The summed E-state index contributed by atoms with van der Waals surface area (Å²) in [5.74, 6) is -4.08. The molecule has 0 atom stereocenters. The van der Waals surface area contributed by atoms with E-state index in [0.717, 1.165) is 15.9 Å². The fourth-order valence-corrected chi connectivity index (χ4v) is 9.75. The summed E-state index contributed by atoms with van der Waals surface area (Å²) in [4.78, 5) is 11.2. The SMILES string of the molecule is O=C(O)CCCP(Cl)(c1ccccc1)(c1ccccc1)c1ccccc1. The Hall–Kier alpha value is -2.15. The van der Waals surface area contributed by atoms with Crippen LogP contribution in [-0.4, -0.2) is 17.2 Å². The van der Waals surface area contributed by atoms with E-state index in [2.05, 4.69) is 36.4 Å². The van der Waals surface area contributed by atoms with E-state index in [0.29, 0.717) is 12.6 Å². The molecule has 3 aromatic rings. The molecule has 0 unspecified atom stereocenters. The first-order valence-corrected chi connectivity index (χ1v) is 12.0. The third-order valence-electron chi connectivity index (χ3n) is 4.85. The van der Waals surface area contributed by atoms with E-state index >= 15 is 0 Å². The van der Waals surface area contributed by atoms with Gasteiger partial charge in [0, 0.05) is 0 Å². The summed E-state index contributed by atoms with van der Waals surface area (Å²) in [6.45, 7) is 0. The molecule has 0 saturated heterocycles. The number of carboxylic acid groups (broad SMARTS) is 1. The molecule has 0 aliphatic rings. The van der Waals surface area contributed by atoms with Crippen molar-refractivity contribution in [3.8, 4) is 0 Å². The molecule has 0 fully saturated rings. The van der Waals surface area contributed by atoms with Crippen LogP contribution in [0, 0.1) is 0 Å². The zero-order valence-electron chi connectivity index (χ0n) is 14.5. The molecule has 0 saturated carbocycles. The molecule has 0 bridgehead atoms. The van der Waals surface area contributed by atoms with Crippen molar-refractivity contribution in [3.63, 3.8) is 0 Å². The van der Waals surface area contributed by atoms with Gasteiger partial charge in [-0.25, -0.2) is 0 Å². The average Bonchev–Trinajstić information content (AvgIpc) is 2.70. The summed E-state index contributed by atoms with van der Waals surface area (Å²) >= 11 is 7.80. The Morgan fingerprint density at radius 1 is 0.731 bits per heavy atom. The molecule has 0 aliphatic heterocycles. The summed E-state index contributed by atoms with van der Waals surface area (Å²) in [6, 6.07) is 30.4. The van der Waals surface area contributed by atoms with E-state index in [1.807, 2.05) is 54.6 Å². The zero-order chi connectivity index (χ0) is 18.5. The van der Waals surface area contributed by atoms with Crippen LogP contribution in [-0.2, 0) is 4.79 Å². The molecule has 0 amide bonds. The first-order chi connectivity index (χ1) is 12.6. The molecule has 3 rings (SSSR count). The third kappa shape index (κ3) is 3.28. The molecule has 0 spiro atoms. The standard InChI is InChI=1S/C22H22ClO2P/c23-26(18-10-17-22(24)25,19-11-4-1-5-12-19,20-13-6-2-7-14-20)21-15-8-3-9-16-21/h1-9,11-16H,10,17-18H2,(H,24,25). The normalized spacial score (nSPS) is 12.9. The predicted molar refractivity (Wildman–Crippen MR) is 113 cm³/mol. The predicted octanol–water partition coefficient (Wildman–Crippen LogP) is 4.53. The second-order valence-corrected chi connectivity index (χ2v) is 13.0. The maximum absolute atomic E-state index is 11.2. The molecule has 0 heterocycles. The Morgan fingerprint density at radius 3 is 1.38 bits per heavy atom. The van der Waals surface area contributed by atoms with Crippen LogP contribution in [0.3, 0.4) is 0 Å². The van der Waals surface area contributed by atoms with Crippen molar-refractivity contribution in [2.45, 2.75) is 12.8 Å². The molecule has 3 aromatic carbocycles. The van der Waals surface area contributed by atoms with Crippen LogP contribution in [0.4, 0.5) is 0 Å². The van der Waals surface area contributed by atoms with Crippen LogP contribution in [0.2, 0.25) is 0 Å². The number of halogens is 1. The van der Waals surface area contributed by atoms with Gasteiger partial charge in [-0.3, -0.25) is 0 Å². The molecule has 0 radical (unpaired) electrons. The quantitative estimate of drug-likeness (QED) is 0.607. The van der Waals surface area contributed by atoms with Crippen LogP contribution in [0.5, 0.6) is 0 Å². The van der Waals surface area contributed by atoms with Crippen LogP contribution in [0.25, 0.3) is 0 Å². The average molecular weight is 385 g/mol. The van der Waals surface area contributed by atoms with Gasteiger partial charge in [0.15, 0.2) is 0 Å². The van der Waals surface area contributed by atoms with Gasteiger partial charge < -0.3 is 0 Å². The fourth-order valence-electron chi connectivity index (χ4n) is 3.58. The molecule has 4 heteroatoms. The molecule has 134 valence electrons. The molecular weight excluding hydrogens is 363 g/mol. The Kier molecular flexibility index (Phi) is 5.46. The van der Waals surface area contributed by atoms with Crippen molar-refractivity contribution in [1.29, 1.82) is 0 Å².